The van der Waals surface area contributed by atoms with Crippen molar-refractivity contribution in [1.29, 1.82) is 0 Å². The first-order valence-corrected chi connectivity index (χ1v) is 11.6. The van der Waals surface area contributed by atoms with Crippen LogP contribution in [0, 0.1) is 0 Å². The number of aliphatic hydroxyl groups excluding tert-OH is 1. The van der Waals surface area contributed by atoms with Gasteiger partial charge in [0.2, 0.25) is 0 Å². The third-order valence-corrected chi connectivity index (χ3v) is 6.12. The normalized spacial score (nSPS) is 17.8. The minimum absolute atomic E-state index is 0.0240. The van der Waals surface area contributed by atoms with Crippen LogP contribution in [-0.2, 0) is 9.59 Å². The molecule has 1 heterocycles. The number of Topliss-reactive ketones (excluding diaryl/α,β-unsaturated/α-hetero) is 1. The van der Waals surface area contributed by atoms with E-state index in [1.54, 1.807) is 42.5 Å². The molecule has 0 aliphatic carbocycles. The molecule has 0 spiro atoms. The summed E-state index contributed by atoms with van der Waals surface area (Å²) in [5.41, 5.74) is 1.03. The maximum atomic E-state index is 13.1. The van der Waals surface area contributed by atoms with Gasteiger partial charge in [0.1, 0.15) is 11.5 Å². The van der Waals surface area contributed by atoms with E-state index in [-0.39, 0.29) is 11.3 Å². The van der Waals surface area contributed by atoms with Gasteiger partial charge in [-0.1, -0.05) is 48.3 Å². The van der Waals surface area contributed by atoms with Gasteiger partial charge in [-0.05, 0) is 63.3 Å². The smallest absolute Gasteiger partial charge is 0.295 e. The first-order chi connectivity index (χ1) is 15.7. The van der Waals surface area contributed by atoms with Gasteiger partial charge in [-0.2, -0.15) is 0 Å². The van der Waals surface area contributed by atoms with Crippen LogP contribution in [0.1, 0.15) is 36.9 Å². The molecule has 1 fully saturated rings. The van der Waals surface area contributed by atoms with Gasteiger partial charge in [0.25, 0.3) is 11.7 Å². The number of likely N-dealkylation sites (tertiary alicyclic amines) is 1. The molecule has 2 aromatic carbocycles. The predicted octanol–water partition coefficient (Wildman–Crippen LogP) is 5.16. The van der Waals surface area contributed by atoms with E-state index < -0.39 is 17.7 Å². The van der Waals surface area contributed by atoms with Crippen molar-refractivity contribution in [3.63, 3.8) is 0 Å². The van der Waals surface area contributed by atoms with Gasteiger partial charge in [0, 0.05) is 12.1 Å². The van der Waals surface area contributed by atoms with Crippen molar-refractivity contribution in [2.24, 2.45) is 0 Å². The molecule has 1 aliphatic heterocycles. The maximum Gasteiger partial charge on any atom is 0.295 e. The molecule has 0 bridgehead atoms. The fourth-order valence-corrected chi connectivity index (χ4v) is 4.11. The molecule has 6 nitrogen and oxygen atoms in total. The van der Waals surface area contributed by atoms with Crippen LogP contribution in [0.4, 0.5) is 0 Å². The van der Waals surface area contributed by atoms with Crippen LogP contribution in [0.5, 0.6) is 5.75 Å². The second kappa shape index (κ2) is 11.1. The minimum atomic E-state index is -0.776. The van der Waals surface area contributed by atoms with Crippen molar-refractivity contribution in [3.8, 4) is 5.75 Å². The van der Waals surface area contributed by atoms with Crippen LogP contribution >= 0.6 is 23.2 Å². The van der Waals surface area contributed by atoms with E-state index in [2.05, 4.69) is 0 Å². The van der Waals surface area contributed by atoms with Crippen molar-refractivity contribution >= 4 is 40.7 Å². The van der Waals surface area contributed by atoms with Crippen LogP contribution in [0.2, 0.25) is 10.0 Å². The zero-order valence-electron chi connectivity index (χ0n) is 19.0. The second-order valence-corrected chi connectivity index (χ2v) is 9.01. The lowest BCUT2D eigenvalue weighted by Crippen LogP contribution is -2.32. The molecule has 0 saturated carbocycles. The Hall–Kier alpha value is -2.54. The molecule has 0 radical (unpaired) electrons. The highest BCUT2D eigenvalue weighted by atomic mass is 35.5. The zero-order chi connectivity index (χ0) is 24.1. The van der Waals surface area contributed by atoms with Gasteiger partial charge in [-0.15, -0.1) is 0 Å². The molecule has 1 unspecified atom stereocenters. The van der Waals surface area contributed by atoms with Gasteiger partial charge in [0.15, 0.2) is 0 Å². The Kier molecular flexibility index (Phi) is 8.40. The van der Waals surface area contributed by atoms with Crippen LogP contribution in [-0.4, -0.2) is 60.4 Å². The first kappa shape index (κ1) is 25.1. The largest absolute Gasteiger partial charge is 0.507 e. The van der Waals surface area contributed by atoms with Gasteiger partial charge >= 0.3 is 0 Å². The van der Waals surface area contributed by atoms with Gasteiger partial charge in [-0.3, -0.25) is 9.59 Å². The first-order valence-electron chi connectivity index (χ1n) is 10.9. The molecule has 1 atom stereocenters. The highest BCUT2D eigenvalue weighted by Gasteiger charge is 2.45. The Labute approximate surface area is 204 Å². The SMILES string of the molecule is CCCOc1cccc(C(O)=C2C(=O)C(=O)N(CCCN(C)C)C2c2ccc(Cl)c(Cl)c2)c1. The lowest BCUT2D eigenvalue weighted by atomic mass is 9.95. The molecule has 176 valence electrons. The van der Waals surface area contributed by atoms with E-state index in [4.69, 9.17) is 27.9 Å². The number of ether oxygens (including phenoxy) is 1. The van der Waals surface area contributed by atoms with Crippen LogP contribution in [0.3, 0.4) is 0 Å². The average Bonchev–Trinajstić information content (AvgIpc) is 3.04. The minimum Gasteiger partial charge on any atom is -0.507 e. The lowest BCUT2D eigenvalue weighted by molar-refractivity contribution is -0.139. The average molecular weight is 491 g/mol. The number of nitrogens with zero attached hydrogens (tertiary/aromatic N) is 2. The number of rotatable bonds is 9. The summed E-state index contributed by atoms with van der Waals surface area (Å²) in [5.74, 6) is -1.05. The Balaban J connectivity index is 2.09. The topological polar surface area (TPSA) is 70.1 Å². The Morgan fingerprint density at radius 3 is 2.55 bits per heavy atom. The van der Waals surface area contributed by atoms with Gasteiger partial charge in [0.05, 0.1) is 28.3 Å². The van der Waals surface area contributed by atoms with E-state index >= 15 is 0 Å². The molecule has 8 heteroatoms. The number of ketones is 1. The van der Waals surface area contributed by atoms with Crippen molar-refractivity contribution in [3.05, 3.63) is 69.2 Å². The van der Waals surface area contributed by atoms with E-state index in [0.717, 1.165) is 13.0 Å². The summed E-state index contributed by atoms with van der Waals surface area (Å²) in [6, 6.07) is 11.1. The zero-order valence-corrected chi connectivity index (χ0v) is 20.5. The van der Waals surface area contributed by atoms with Gasteiger partial charge in [-0.25, -0.2) is 0 Å². The number of hydrogen-bond donors (Lipinski definition) is 1. The van der Waals surface area contributed by atoms with Crippen molar-refractivity contribution in [2.75, 3.05) is 33.8 Å². The van der Waals surface area contributed by atoms with E-state index in [0.29, 0.717) is 46.5 Å². The number of benzene rings is 2. The molecule has 2 aromatic rings. The molecular weight excluding hydrogens is 463 g/mol. The molecule has 1 amide bonds. The van der Waals surface area contributed by atoms with Crippen LogP contribution in [0.25, 0.3) is 5.76 Å². The van der Waals surface area contributed by atoms with Crippen molar-refractivity contribution < 1.29 is 19.4 Å². The van der Waals surface area contributed by atoms with E-state index in [9.17, 15) is 14.7 Å². The quantitative estimate of drug-likeness (QED) is 0.298. The molecule has 1 saturated heterocycles. The van der Waals surface area contributed by atoms with Crippen LogP contribution < -0.4 is 4.74 Å². The standard InChI is InChI=1S/C25H28Cl2N2O4/c1-4-13-33-18-8-5-7-17(14-18)23(30)21-22(16-9-10-19(26)20(27)15-16)29(25(32)24(21)31)12-6-11-28(2)3/h5,7-10,14-15,22,30H,4,6,11-13H2,1-3H3. The molecule has 3 rings (SSSR count). The summed E-state index contributed by atoms with van der Waals surface area (Å²) < 4.78 is 5.66. The number of carbonyl (C=O) groups is 2. The second-order valence-electron chi connectivity index (χ2n) is 8.20. The molecule has 0 aromatic heterocycles. The summed E-state index contributed by atoms with van der Waals surface area (Å²) in [5, 5.41) is 11.9. The molecule has 33 heavy (non-hydrogen) atoms. The third kappa shape index (κ3) is 5.69. The predicted molar refractivity (Wildman–Crippen MR) is 131 cm³/mol. The fraction of sp³-hybridized carbons (Fsp3) is 0.360. The fourth-order valence-electron chi connectivity index (χ4n) is 3.81. The monoisotopic (exact) mass is 490 g/mol. The summed E-state index contributed by atoms with van der Waals surface area (Å²) in [7, 11) is 3.89. The number of carbonyl (C=O) groups excluding carboxylic acids is 2. The van der Waals surface area contributed by atoms with Crippen LogP contribution in [0.15, 0.2) is 48.0 Å². The summed E-state index contributed by atoms with van der Waals surface area (Å²) in [6.45, 7) is 3.63. The summed E-state index contributed by atoms with van der Waals surface area (Å²) in [6.07, 6.45) is 1.50. The third-order valence-electron chi connectivity index (χ3n) is 5.38. The van der Waals surface area contributed by atoms with E-state index in [1.165, 1.54) is 4.90 Å². The Morgan fingerprint density at radius 2 is 1.88 bits per heavy atom. The number of halogens is 2. The highest BCUT2D eigenvalue weighted by Crippen LogP contribution is 2.41. The summed E-state index contributed by atoms with van der Waals surface area (Å²) >= 11 is 12.3. The van der Waals surface area contributed by atoms with Crippen molar-refractivity contribution in [2.45, 2.75) is 25.8 Å². The molecular formula is C25H28Cl2N2O4. The van der Waals surface area contributed by atoms with E-state index in [1.807, 2.05) is 25.9 Å². The number of aliphatic hydroxyl groups is 1. The lowest BCUT2D eigenvalue weighted by Gasteiger charge is -2.26. The van der Waals surface area contributed by atoms with Crippen molar-refractivity contribution in [1.82, 2.24) is 9.80 Å². The maximum absolute atomic E-state index is 13.1. The van der Waals surface area contributed by atoms with Gasteiger partial charge < -0.3 is 19.6 Å². The molecule has 1 aliphatic rings. The summed E-state index contributed by atoms with van der Waals surface area (Å²) in [4.78, 5) is 29.6. The number of hydrogen-bond acceptors (Lipinski definition) is 5. The Morgan fingerprint density at radius 1 is 1.12 bits per heavy atom. The highest BCUT2D eigenvalue weighted by molar-refractivity contribution is 6.46. The number of amides is 1. The molecule has 1 N–H and O–H groups in total. The Bertz CT molecular complexity index is 1070.